The summed E-state index contributed by atoms with van der Waals surface area (Å²) >= 11 is 0. The fourth-order valence-corrected chi connectivity index (χ4v) is 3.46. The average molecular weight is 412 g/mol. The van der Waals surface area contributed by atoms with Gasteiger partial charge in [0.05, 0.1) is 25.7 Å². The Hall–Kier alpha value is -2.37. The number of ether oxygens (including phenoxy) is 3. The molecule has 0 aromatic heterocycles. The van der Waals surface area contributed by atoms with Gasteiger partial charge in [-0.05, 0) is 44.0 Å². The molecule has 5 nitrogen and oxygen atoms in total. The number of carbonyl (C=O) groups excluding carboxylic acids is 1. The van der Waals surface area contributed by atoms with E-state index < -0.39 is 5.60 Å². The lowest BCUT2D eigenvalue weighted by molar-refractivity contribution is -0.155. The van der Waals surface area contributed by atoms with Gasteiger partial charge in [-0.3, -0.25) is 9.69 Å². The number of hydrogen-bond acceptors (Lipinski definition) is 5. The van der Waals surface area contributed by atoms with Crippen LogP contribution >= 0.6 is 0 Å². The smallest absolute Gasteiger partial charge is 0.307 e. The normalized spacial score (nSPS) is 17.5. The average Bonchev–Trinajstić information content (AvgIpc) is 2.73. The molecule has 1 unspecified atom stereocenters. The van der Waals surface area contributed by atoms with Crippen LogP contribution in [-0.2, 0) is 20.7 Å². The zero-order chi connectivity index (χ0) is 21.4. The maximum Gasteiger partial charge on any atom is 0.307 e. The van der Waals surface area contributed by atoms with Gasteiger partial charge >= 0.3 is 5.97 Å². The molecule has 1 heterocycles. The van der Waals surface area contributed by atoms with Crippen molar-refractivity contribution in [1.29, 1.82) is 0 Å². The van der Waals surface area contributed by atoms with Gasteiger partial charge in [-0.2, -0.15) is 0 Å². The number of carbonyl (C=O) groups is 1. The van der Waals surface area contributed by atoms with Crippen LogP contribution in [0.3, 0.4) is 0 Å². The van der Waals surface area contributed by atoms with Gasteiger partial charge in [0.25, 0.3) is 0 Å². The van der Waals surface area contributed by atoms with E-state index in [0.29, 0.717) is 26.2 Å². The van der Waals surface area contributed by atoms with Crippen LogP contribution in [0.2, 0.25) is 0 Å². The molecule has 1 atom stereocenters. The maximum absolute atomic E-state index is 12.0. The predicted molar refractivity (Wildman–Crippen MR) is 118 cm³/mol. The van der Waals surface area contributed by atoms with Gasteiger partial charge in [0.2, 0.25) is 0 Å². The molecule has 0 amide bonds. The Labute approximate surface area is 179 Å². The summed E-state index contributed by atoms with van der Waals surface area (Å²) in [5.74, 6) is 0.717. The summed E-state index contributed by atoms with van der Waals surface area (Å²) in [7, 11) is 0. The first-order chi connectivity index (χ1) is 14.4. The largest absolute Gasteiger partial charge is 0.493 e. The SMILES string of the molecule is CC(C)(C)OC(=O)CCN1CCOC(c2ccc(OCCc3ccccc3)cc2)C1. The lowest BCUT2D eigenvalue weighted by Crippen LogP contribution is -2.39. The van der Waals surface area contributed by atoms with E-state index in [0.717, 1.165) is 30.8 Å². The highest BCUT2D eigenvalue weighted by Crippen LogP contribution is 2.24. The number of morpholine rings is 1. The van der Waals surface area contributed by atoms with Crippen LogP contribution in [0.25, 0.3) is 0 Å². The summed E-state index contributed by atoms with van der Waals surface area (Å²) in [4.78, 5) is 14.2. The van der Waals surface area contributed by atoms with E-state index in [2.05, 4.69) is 29.2 Å². The number of nitrogens with zero attached hydrogens (tertiary/aromatic N) is 1. The number of esters is 1. The van der Waals surface area contributed by atoms with Gasteiger partial charge in [-0.1, -0.05) is 42.5 Å². The predicted octanol–water partition coefficient (Wildman–Crippen LogP) is 4.41. The molecule has 30 heavy (non-hydrogen) atoms. The molecular formula is C25H33NO4. The van der Waals surface area contributed by atoms with Gasteiger partial charge in [0.15, 0.2) is 0 Å². The van der Waals surface area contributed by atoms with Crippen LogP contribution in [0, 0.1) is 0 Å². The highest BCUT2D eigenvalue weighted by molar-refractivity contribution is 5.70. The van der Waals surface area contributed by atoms with Crippen LogP contribution in [0.15, 0.2) is 54.6 Å². The molecule has 0 radical (unpaired) electrons. The lowest BCUT2D eigenvalue weighted by Gasteiger charge is -2.33. The second-order valence-corrected chi connectivity index (χ2v) is 8.65. The van der Waals surface area contributed by atoms with Crippen molar-refractivity contribution in [3.05, 3.63) is 65.7 Å². The molecule has 0 saturated carbocycles. The fourth-order valence-electron chi connectivity index (χ4n) is 3.46. The zero-order valence-electron chi connectivity index (χ0n) is 18.3. The van der Waals surface area contributed by atoms with Gasteiger partial charge in [-0.15, -0.1) is 0 Å². The van der Waals surface area contributed by atoms with Crippen LogP contribution in [0.5, 0.6) is 5.75 Å². The van der Waals surface area contributed by atoms with Crippen LogP contribution in [0.4, 0.5) is 0 Å². The summed E-state index contributed by atoms with van der Waals surface area (Å²) in [5.41, 5.74) is 1.97. The Morgan fingerprint density at radius 1 is 1.10 bits per heavy atom. The van der Waals surface area contributed by atoms with Crippen LogP contribution < -0.4 is 4.74 Å². The number of rotatable bonds is 8. The molecule has 0 aliphatic carbocycles. The topological polar surface area (TPSA) is 48.0 Å². The van der Waals surface area contributed by atoms with Crippen molar-refractivity contribution in [3.8, 4) is 5.75 Å². The van der Waals surface area contributed by atoms with Crippen molar-refractivity contribution in [2.45, 2.75) is 45.3 Å². The molecule has 1 fully saturated rings. The second-order valence-electron chi connectivity index (χ2n) is 8.65. The second kappa shape index (κ2) is 10.6. The minimum Gasteiger partial charge on any atom is -0.493 e. The summed E-state index contributed by atoms with van der Waals surface area (Å²) < 4.78 is 17.2. The quantitative estimate of drug-likeness (QED) is 0.602. The Morgan fingerprint density at radius 2 is 1.83 bits per heavy atom. The van der Waals surface area contributed by atoms with E-state index in [9.17, 15) is 4.79 Å². The van der Waals surface area contributed by atoms with E-state index in [1.54, 1.807) is 0 Å². The first kappa shape index (κ1) is 22.3. The monoisotopic (exact) mass is 411 g/mol. The van der Waals surface area contributed by atoms with Gasteiger partial charge in [0, 0.05) is 26.1 Å². The highest BCUT2D eigenvalue weighted by atomic mass is 16.6. The van der Waals surface area contributed by atoms with Gasteiger partial charge in [0.1, 0.15) is 11.4 Å². The van der Waals surface area contributed by atoms with E-state index in [1.165, 1.54) is 5.56 Å². The molecule has 1 saturated heterocycles. The van der Waals surface area contributed by atoms with Crippen molar-refractivity contribution in [3.63, 3.8) is 0 Å². The first-order valence-electron chi connectivity index (χ1n) is 10.7. The minimum atomic E-state index is -0.435. The van der Waals surface area contributed by atoms with Crippen molar-refractivity contribution in [2.75, 3.05) is 32.8 Å². The van der Waals surface area contributed by atoms with Crippen LogP contribution in [0.1, 0.15) is 44.4 Å². The Bertz CT molecular complexity index is 783. The zero-order valence-corrected chi connectivity index (χ0v) is 18.3. The molecule has 162 valence electrons. The van der Waals surface area contributed by atoms with E-state index >= 15 is 0 Å². The third-order valence-corrected chi connectivity index (χ3v) is 4.96. The van der Waals surface area contributed by atoms with Gasteiger partial charge in [-0.25, -0.2) is 0 Å². The van der Waals surface area contributed by atoms with Crippen molar-refractivity contribution < 1.29 is 19.0 Å². The molecule has 0 N–H and O–H groups in total. The third-order valence-electron chi connectivity index (χ3n) is 4.96. The Kier molecular flexibility index (Phi) is 7.88. The van der Waals surface area contributed by atoms with E-state index in [-0.39, 0.29) is 12.1 Å². The summed E-state index contributed by atoms with van der Waals surface area (Å²) in [5, 5.41) is 0. The molecule has 5 heteroatoms. The summed E-state index contributed by atoms with van der Waals surface area (Å²) in [6.45, 7) is 9.29. The van der Waals surface area contributed by atoms with E-state index in [1.807, 2.05) is 51.1 Å². The first-order valence-corrected chi connectivity index (χ1v) is 10.7. The highest BCUT2D eigenvalue weighted by Gasteiger charge is 2.23. The standard InChI is InChI=1S/C25H33NO4/c1-25(2,3)30-24(27)13-15-26-16-18-29-23(19-26)21-9-11-22(12-10-21)28-17-14-20-7-5-4-6-8-20/h4-12,23H,13-19H2,1-3H3. The minimum absolute atomic E-state index is 0.00996. The molecule has 0 bridgehead atoms. The number of hydrogen-bond donors (Lipinski definition) is 0. The fraction of sp³-hybridized carbons (Fsp3) is 0.480. The molecule has 2 aromatic rings. The molecule has 1 aliphatic heterocycles. The lowest BCUT2D eigenvalue weighted by atomic mass is 10.1. The molecular weight excluding hydrogens is 378 g/mol. The van der Waals surface area contributed by atoms with Crippen molar-refractivity contribution in [2.24, 2.45) is 0 Å². The molecule has 0 spiro atoms. The van der Waals surface area contributed by atoms with Crippen molar-refractivity contribution >= 4 is 5.97 Å². The summed E-state index contributed by atoms with van der Waals surface area (Å²) in [6.07, 6.45) is 1.30. The molecule has 1 aliphatic rings. The van der Waals surface area contributed by atoms with Crippen LogP contribution in [-0.4, -0.2) is 49.3 Å². The summed E-state index contributed by atoms with van der Waals surface area (Å²) in [6, 6.07) is 18.5. The third kappa shape index (κ3) is 7.47. The number of benzene rings is 2. The van der Waals surface area contributed by atoms with Gasteiger partial charge < -0.3 is 14.2 Å². The Morgan fingerprint density at radius 3 is 2.53 bits per heavy atom. The molecule has 2 aromatic carbocycles. The Balaban J connectivity index is 1.44. The van der Waals surface area contributed by atoms with Crippen molar-refractivity contribution in [1.82, 2.24) is 4.90 Å². The van der Waals surface area contributed by atoms with E-state index in [4.69, 9.17) is 14.2 Å². The maximum atomic E-state index is 12.0. The molecule has 3 rings (SSSR count).